The van der Waals surface area contributed by atoms with Crippen LogP contribution in [-0.2, 0) is 0 Å². The Morgan fingerprint density at radius 1 is 1.33 bits per heavy atom. The van der Waals surface area contributed by atoms with Gasteiger partial charge in [-0.15, -0.1) is 0 Å². The summed E-state index contributed by atoms with van der Waals surface area (Å²) in [5.74, 6) is -0.208. The molecule has 0 radical (unpaired) electrons. The number of amides is 1. The summed E-state index contributed by atoms with van der Waals surface area (Å²) in [5.41, 5.74) is 2.16. The van der Waals surface area contributed by atoms with Crippen LogP contribution in [0.2, 0.25) is 5.02 Å². The van der Waals surface area contributed by atoms with Crippen LogP contribution in [-0.4, -0.2) is 10.9 Å². The van der Waals surface area contributed by atoms with E-state index in [0.29, 0.717) is 20.9 Å². The van der Waals surface area contributed by atoms with E-state index in [2.05, 4.69) is 26.2 Å². The summed E-state index contributed by atoms with van der Waals surface area (Å²) >= 11 is 9.12. The van der Waals surface area contributed by atoms with E-state index >= 15 is 0 Å². The Balaban J connectivity index is 2.21. The Labute approximate surface area is 118 Å². The van der Waals surface area contributed by atoms with Gasteiger partial charge in [-0.05, 0) is 52.7 Å². The molecule has 0 bridgehead atoms. The molecule has 2 aromatic rings. The number of aromatic nitrogens is 1. The molecule has 0 saturated carbocycles. The standard InChI is InChI=1S/C13H10BrClN2O/c1-8-2-4-10(15)6-11(8)17-13(18)9-3-5-12(14)16-7-9/h2-7H,1H3,(H,17,18). The monoisotopic (exact) mass is 324 g/mol. The molecule has 2 rings (SSSR count). The fraction of sp³-hybridized carbons (Fsp3) is 0.0769. The molecule has 1 amide bonds. The number of nitrogens with one attached hydrogen (secondary N) is 1. The number of nitrogens with zero attached hydrogens (tertiary/aromatic N) is 1. The zero-order chi connectivity index (χ0) is 13.1. The number of carbonyl (C=O) groups is 1. The Bertz CT molecular complexity index is 584. The van der Waals surface area contributed by atoms with E-state index in [9.17, 15) is 4.79 Å². The van der Waals surface area contributed by atoms with Crippen LogP contribution in [0, 0.1) is 6.92 Å². The first kappa shape index (κ1) is 13.1. The summed E-state index contributed by atoms with van der Waals surface area (Å²) < 4.78 is 0.693. The normalized spacial score (nSPS) is 10.2. The van der Waals surface area contributed by atoms with Gasteiger partial charge in [0.1, 0.15) is 4.60 Å². The van der Waals surface area contributed by atoms with Crippen molar-refractivity contribution in [3.8, 4) is 0 Å². The third-order valence-electron chi connectivity index (χ3n) is 2.44. The number of rotatable bonds is 2. The Morgan fingerprint density at radius 2 is 2.11 bits per heavy atom. The maximum Gasteiger partial charge on any atom is 0.257 e. The van der Waals surface area contributed by atoms with E-state index < -0.39 is 0 Å². The molecule has 18 heavy (non-hydrogen) atoms. The zero-order valence-corrected chi connectivity index (χ0v) is 11.9. The van der Waals surface area contributed by atoms with Gasteiger partial charge in [0.15, 0.2) is 0 Å². The molecule has 1 aromatic heterocycles. The second-order valence-electron chi connectivity index (χ2n) is 3.78. The lowest BCUT2D eigenvalue weighted by atomic mass is 10.2. The molecule has 1 heterocycles. The van der Waals surface area contributed by atoms with Gasteiger partial charge in [0.05, 0.1) is 5.56 Å². The molecule has 0 saturated heterocycles. The highest BCUT2D eigenvalue weighted by Crippen LogP contribution is 2.20. The minimum Gasteiger partial charge on any atom is -0.322 e. The van der Waals surface area contributed by atoms with Crippen molar-refractivity contribution in [1.29, 1.82) is 0 Å². The van der Waals surface area contributed by atoms with Crippen LogP contribution >= 0.6 is 27.5 Å². The maximum atomic E-state index is 12.0. The third-order valence-corrected chi connectivity index (χ3v) is 3.14. The molecule has 0 atom stereocenters. The van der Waals surface area contributed by atoms with Crippen molar-refractivity contribution in [1.82, 2.24) is 4.98 Å². The lowest BCUT2D eigenvalue weighted by Gasteiger charge is -2.08. The fourth-order valence-corrected chi connectivity index (χ4v) is 1.84. The molecular formula is C13H10BrClN2O. The number of hydrogen-bond donors (Lipinski definition) is 1. The second kappa shape index (κ2) is 5.50. The number of carbonyl (C=O) groups excluding carboxylic acids is 1. The van der Waals surface area contributed by atoms with E-state index in [4.69, 9.17) is 11.6 Å². The molecule has 1 N–H and O–H groups in total. The summed E-state index contributed by atoms with van der Waals surface area (Å²) in [4.78, 5) is 16.0. The highest BCUT2D eigenvalue weighted by atomic mass is 79.9. The lowest BCUT2D eigenvalue weighted by Crippen LogP contribution is -2.12. The van der Waals surface area contributed by atoms with Crippen LogP contribution in [0.1, 0.15) is 15.9 Å². The Morgan fingerprint density at radius 3 is 2.78 bits per heavy atom. The van der Waals surface area contributed by atoms with Gasteiger partial charge in [0.25, 0.3) is 5.91 Å². The number of pyridine rings is 1. The topological polar surface area (TPSA) is 42.0 Å². The molecule has 5 heteroatoms. The minimum absolute atomic E-state index is 0.208. The van der Waals surface area contributed by atoms with Crippen LogP contribution in [0.3, 0.4) is 0 Å². The first-order chi connectivity index (χ1) is 8.56. The molecule has 0 aliphatic heterocycles. The van der Waals surface area contributed by atoms with Gasteiger partial charge in [0.2, 0.25) is 0 Å². The van der Waals surface area contributed by atoms with Crippen molar-refractivity contribution in [2.24, 2.45) is 0 Å². The highest BCUT2D eigenvalue weighted by molar-refractivity contribution is 9.10. The molecule has 92 valence electrons. The van der Waals surface area contributed by atoms with Crippen molar-refractivity contribution < 1.29 is 4.79 Å². The smallest absolute Gasteiger partial charge is 0.257 e. The lowest BCUT2D eigenvalue weighted by molar-refractivity contribution is 0.102. The van der Waals surface area contributed by atoms with E-state index in [-0.39, 0.29) is 5.91 Å². The molecule has 3 nitrogen and oxygen atoms in total. The van der Waals surface area contributed by atoms with E-state index in [1.165, 1.54) is 6.20 Å². The van der Waals surface area contributed by atoms with Crippen molar-refractivity contribution in [3.63, 3.8) is 0 Å². The molecule has 1 aromatic carbocycles. The highest BCUT2D eigenvalue weighted by Gasteiger charge is 2.08. The Hall–Kier alpha value is -1.39. The van der Waals surface area contributed by atoms with Crippen molar-refractivity contribution in [2.45, 2.75) is 6.92 Å². The SMILES string of the molecule is Cc1ccc(Cl)cc1NC(=O)c1ccc(Br)nc1. The van der Waals surface area contributed by atoms with E-state index in [1.54, 1.807) is 24.3 Å². The summed E-state index contributed by atoms with van der Waals surface area (Å²) in [6, 6.07) is 8.79. The molecule has 0 fully saturated rings. The van der Waals surface area contributed by atoms with Crippen LogP contribution < -0.4 is 5.32 Å². The molecule has 0 aliphatic rings. The van der Waals surface area contributed by atoms with Crippen molar-refractivity contribution >= 4 is 39.1 Å². The van der Waals surface area contributed by atoms with Gasteiger partial charge in [-0.25, -0.2) is 4.98 Å². The molecule has 0 aliphatic carbocycles. The summed E-state index contributed by atoms with van der Waals surface area (Å²) in [7, 11) is 0. The summed E-state index contributed by atoms with van der Waals surface area (Å²) in [5, 5.41) is 3.40. The van der Waals surface area contributed by atoms with Crippen LogP contribution in [0.5, 0.6) is 0 Å². The average Bonchev–Trinajstić information content (AvgIpc) is 2.34. The van der Waals surface area contributed by atoms with Gasteiger partial charge in [0, 0.05) is 16.9 Å². The van der Waals surface area contributed by atoms with Gasteiger partial charge in [-0.2, -0.15) is 0 Å². The number of aryl methyl sites for hydroxylation is 1. The first-order valence-electron chi connectivity index (χ1n) is 5.25. The number of anilines is 1. The Kier molecular flexibility index (Phi) is 3.99. The number of halogens is 2. The predicted octanol–water partition coefficient (Wildman–Crippen LogP) is 4.06. The van der Waals surface area contributed by atoms with E-state index in [1.807, 2.05) is 13.0 Å². The van der Waals surface area contributed by atoms with Crippen LogP contribution in [0.25, 0.3) is 0 Å². The zero-order valence-electron chi connectivity index (χ0n) is 9.58. The van der Waals surface area contributed by atoms with Gasteiger partial charge in [-0.1, -0.05) is 17.7 Å². The van der Waals surface area contributed by atoms with E-state index in [0.717, 1.165) is 5.56 Å². The van der Waals surface area contributed by atoms with Crippen LogP contribution in [0.4, 0.5) is 5.69 Å². The van der Waals surface area contributed by atoms with Crippen LogP contribution in [0.15, 0.2) is 41.1 Å². The fourth-order valence-electron chi connectivity index (χ4n) is 1.43. The minimum atomic E-state index is -0.208. The largest absolute Gasteiger partial charge is 0.322 e. The van der Waals surface area contributed by atoms with Gasteiger partial charge in [-0.3, -0.25) is 4.79 Å². The second-order valence-corrected chi connectivity index (χ2v) is 5.03. The molecular weight excluding hydrogens is 316 g/mol. The number of benzene rings is 1. The van der Waals surface area contributed by atoms with Gasteiger partial charge < -0.3 is 5.32 Å². The van der Waals surface area contributed by atoms with Crippen molar-refractivity contribution in [3.05, 3.63) is 57.3 Å². The van der Waals surface area contributed by atoms with Crippen molar-refractivity contribution in [2.75, 3.05) is 5.32 Å². The summed E-state index contributed by atoms with van der Waals surface area (Å²) in [6.07, 6.45) is 1.51. The first-order valence-corrected chi connectivity index (χ1v) is 6.42. The predicted molar refractivity (Wildman–Crippen MR) is 76.1 cm³/mol. The molecule has 0 unspecified atom stereocenters. The summed E-state index contributed by atoms with van der Waals surface area (Å²) in [6.45, 7) is 1.91. The average molecular weight is 326 g/mol. The van der Waals surface area contributed by atoms with Gasteiger partial charge >= 0.3 is 0 Å². The maximum absolute atomic E-state index is 12.0. The quantitative estimate of drug-likeness (QED) is 0.846. The number of hydrogen-bond acceptors (Lipinski definition) is 2. The molecule has 0 spiro atoms. The third kappa shape index (κ3) is 3.09.